The molecule has 1 aliphatic carbocycles. The van der Waals surface area contributed by atoms with Gasteiger partial charge in [0.2, 0.25) is 0 Å². The van der Waals surface area contributed by atoms with Crippen LogP contribution >= 0.6 is 0 Å². The molecular weight excluding hydrogens is 332 g/mol. The summed E-state index contributed by atoms with van der Waals surface area (Å²) in [6.45, 7) is 6.71. The molecule has 8 heteroatoms. The van der Waals surface area contributed by atoms with Gasteiger partial charge >= 0.3 is 0 Å². The maximum Gasteiger partial charge on any atom is 0.159 e. The van der Waals surface area contributed by atoms with E-state index in [0.29, 0.717) is 19.8 Å². The fraction of sp³-hybridized carbons (Fsp3) is 0.667. The zero-order valence-corrected chi connectivity index (χ0v) is 15.4. The summed E-state index contributed by atoms with van der Waals surface area (Å²) in [6, 6.07) is 1.99. The maximum absolute atomic E-state index is 10.5. The van der Waals surface area contributed by atoms with E-state index >= 15 is 0 Å². The van der Waals surface area contributed by atoms with Crippen molar-refractivity contribution in [2.75, 3.05) is 18.5 Å². The highest BCUT2D eigenvalue weighted by atomic mass is 16.5. The summed E-state index contributed by atoms with van der Waals surface area (Å²) in [4.78, 5) is 8.86. The van der Waals surface area contributed by atoms with Crippen molar-refractivity contribution in [3.8, 4) is 0 Å². The van der Waals surface area contributed by atoms with Crippen molar-refractivity contribution in [3.63, 3.8) is 0 Å². The predicted octanol–water partition coefficient (Wildman–Crippen LogP) is 1.44. The number of fused-ring (bicyclic) bond motifs is 1. The largest absolute Gasteiger partial charge is 0.393 e. The van der Waals surface area contributed by atoms with Crippen LogP contribution in [0.25, 0.3) is 0 Å². The fourth-order valence-electron chi connectivity index (χ4n) is 3.99. The normalized spacial score (nSPS) is 25.3. The number of aromatic nitrogens is 5. The van der Waals surface area contributed by atoms with E-state index < -0.39 is 0 Å². The second-order valence-electron chi connectivity index (χ2n) is 7.20. The van der Waals surface area contributed by atoms with Gasteiger partial charge in [-0.25, -0.2) is 9.97 Å². The Bertz CT molecular complexity index is 777. The lowest BCUT2D eigenvalue weighted by atomic mass is 10.0. The first-order valence-corrected chi connectivity index (χ1v) is 9.40. The van der Waals surface area contributed by atoms with Gasteiger partial charge in [-0.2, -0.15) is 0 Å². The van der Waals surface area contributed by atoms with Crippen LogP contribution in [0.3, 0.4) is 0 Å². The van der Waals surface area contributed by atoms with Crippen molar-refractivity contribution >= 4 is 5.82 Å². The highest BCUT2D eigenvalue weighted by molar-refractivity contribution is 5.36. The second kappa shape index (κ2) is 7.28. The Morgan fingerprint density at radius 2 is 2.19 bits per heavy atom. The van der Waals surface area contributed by atoms with Gasteiger partial charge in [-0.05, 0) is 26.2 Å². The number of hydrogen-bond donors (Lipinski definition) is 2. The molecular formula is C18H26N6O2. The molecule has 1 saturated carbocycles. The highest BCUT2D eigenvalue weighted by Crippen LogP contribution is 2.38. The van der Waals surface area contributed by atoms with Gasteiger partial charge in [0, 0.05) is 36.7 Å². The van der Waals surface area contributed by atoms with Crippen LogP contribution in [0.2, 0.25) is 0 Å². The van der Waals surface area contributed by atoms with Crippen LogP contribution < -0.4 is 5.32 Å². The molecule has 2 N–H and O–H groups in total. The van der Waals surface area contributed by atoms with E-state index in [2.05, 4.69) is 37.0 Å². The monoisotopic (exact) mass is 358 g/mol. The molecule has 2 aromatic rings. The van der Waals surface area contributed by atoms with Crippen molar-refractivity contribution in [3.05, 3.63) is 29.2 Å². The zero-order valence-electron chi connectivity index (χ0n) is 15.4. The molecule has 0 bridgehead atoms. The summed E-state index contributed by atoms with van der Waals surface area (Å²) in [5.41, 5.74) is 1.03. The molecule has 2 aromatic heterocycles. The van der Waals surface area contributed by atoms with E-state index in [1.807, 2.05) is 13.0 Å². The molecule has 26 heavy (non-hydrogen) atoms. The topological polar surface area (TPSA) is 98.0 Å². The van der Waals surface area contributed by atoms with Crippen molar-refractivity contribution in [1.29, 1.82) is 0 Å². The molecule has 1 aliphatic heterocycles. The minimum absolute atomic E-state index is 0.174. The molecule has 0 amide bonds. The third kappa shape index (κ3) is 3.43. The highest BCUT2D eigenvalue weighted by Gasteiger charge is 2.37. The van der Waals surface area contributed by atoms with Crippen LogP contribution in [0.1, 0.15) is 48.9 Å². The molecule has 1 fully saturated rings. The van der Waals surface area contributed by atoms with Gasteiger partial charge in [0.05, 0.1) is 12.7 Å². The molecule has 8 nitrogen and oxygen atoms in total. The summed E-state index contributed by atoms with van der Waals surface area (Å²) >= 11 is 0. The van der Waals surface area contributed by atoms with Gasteiger partial charge in [0.15, 0.2) is 5.82 Å². The van der Waals surface area contributed by atoms with Crippen molar-refractivity contribution in [2.45, 2.75) is 58.3 Å². The average Bonchev–Trinajstić information content (AvgIpc) is 3.22. The van der Waals surface area contributed by atoms with Crippen LogP contribution in [0, 0.1) is 12.8 Å². The Labute approximate surface area is 153 Å². The molecule has 0 spiro atoms. The summed E-state index contributed by atoms with van der Waals surface area (Å²) in [5.74, 6) is 3.92. The molecule has 3 atom stereocenters. The Kier molecular flexibility index (Phi) is 4.86. The molecule has 0 unspecified atom stereocenters. The number of rotatable bonds is 5. The standard InChI is InChI=1S/C18H26N6O2/c1-3-14-8-16(21-11(2)20-14)19-9-13-6-12(7-15(13)25)18-23-22-17-10-26-5-4-24(17)18/h8,12-13,15,25H,3-7,9-10H2,1-2H3,(H,19,20,21)/t12-,13+,15+/m0/s1. The van der Waals surface area contributed by atoms with Gasteiger partial charge in [0.1, 0.15) is 24.1 Å². The van der Waals surface area contributed by atoms with Crippen molar-refractivity contribution in [2.24, 2.45) is 5.92 Å². The summed E-state index contributed by atoms with van der Waals surface area (Å²) in [6.07, 6.45) is 2.17. The van der Waals surface area contributed by atoms with Gasteiger partial charge in [-0.1, -0.05) is 6.92 Å². The molecule has 4 rings (SSSR count). The lowest BCUT2D eigenvalue weighted by Gasteiger charge is -2.18. The Morgan fingerprint density at radius 3 is 3.04 bits per heavy atom. The van der Waals surface area contributed by atoms with Crippen LogP contribution in [0.5, 0.6) is 0 Å². The first kappa shape index (κ1) is 17.4. The fourth-order valence-corrected chi connectivity index (χ4v) is 3.99. The SMILES string of the molecule is CCc1cc(NC[C@H]2C[C@H](c3nnc4n3CCOC4)C[C@H]2O)nc(C)n1. The summed E-state index contributed by atoms with van der Waals surface area (Å²) in [5, 5.41) is 22.6. The zero-order chi connectivity index (χ0) is 18.1. The number of aliphatic hydroxyl groups excluding tert-OH is 1. The van der Waals surface area contributed by atoms with Crippen LogP contribution in [0.4, 0.5) is 5.82 Å². The predicted molar refractivity (Wildman–Crippen MR) is 95.8 cm³/mol. The lowest BCUT2D eigenvalue weighted by molar-refractivity contribution is 0.0801. The molecule has 3 heterocycles. The van der Waals surface area contributed by atoms with Crippen LogP contribution in [-0.2, 0) is 24.3 Å². The van der Waals surface area contributed by atoms with Gasteiger partial charge < -0.3 is 19.7 Å². The minimum atomic E-state index is -0.339. The molecule has 140 valence electrons. The van der Waals surface area contributed by atoms with E-state index in [9.17, 15) is 5.11 Å². The molecule has 0 aromatic carbocycles. The third-order valence-electron chi connectivity index (χ3n) is 5.37. The minimum Gasteiger partial charge on any atom is -0.393 e. The lowest BCUT2D eigenvalue weighted by Crippen LogP contribution is -2.22. The molecule has 0 radical (unpaired) electrons. The van der Waals surface area contributed by atoms with E-state index in [0.717, 1.165) is 54.8 Å². The van der Waals surface area contributed by atoms with Crippen LogP contribution in [0.15, 0.2) is 6.07 Å². The van der Waals surface area contributed by atoms with Gasteiger partial charge in [-0.15, -0.1) is 10.2 Å². The van der Waals surface area contributed by atoms with Gasteiger partial charge in [0.25, 0.3) is 0 Å². The quantitative estimate of drug-likeness (QED) is 0.834. The first-order valence-electron chi connectivity index (χ1n) is 9.40. The summed E-state index contributed by atoms with van der Waals surface area (Å²) in [7, 11) is 0. The number of aliphatic hydroxyl groups is 1. The number of nitrogens with zero attached hydrogens (tertiary/aromatic N) is 5. The van der Waals surface area contributed by atoms with E-state index in [1.165, 1.54) is 0 Å². The van der Waals surface area contributed by atoms with Crippen molar-refractivity contribution < 1.29 is 9.84 Å². The molecule has 0 saturated heterocycles. The number of ether oxygens (including phenoxy) is 1. The number of hydrogen-bond acceptors (Lipinski definition) is 7. The van der Waals surface area contributed by atoms with Crippen LogP contribution in [-0.4, -0.2) is 49.1 Å². The summed E-state index contributed by atoms with van der Waals surface area (Å²) < 4.78 is 7.60. The average molecular weight is 358 g/mol. The van der Waals surface area contributed by atoms with Crippen molar-refractivity contribution in [1.82, 2.24) is 24.7 Å². The van der Waals surface area contributed by atoms with Gasteiger partial charge in [-0.3, -0.25) is 0 Å². The Hall–Kier alpha value is -2.06. The number of anilines is 1. The molecule has 2 aliphatic rings. The number of nitrogens with one attached hydrogen (secondary N) is 1. The first-order chi connectivity index (χ1) is 12.6. The Morgan fingerprint density at radius 1 is 1.31 bits per heavy atom. The number of aryl methyl sites for hydroxylation is 2. The van der Waals surface area contributed by atoms with E-state index in [-0.39, 0.29) is 17.9 Å². The maximum atomic E-state index is 10.5. The smallest absolute Gasteiger partial charge is 0.159 e. The second-order valence-corrected chi connectivity index (χ2v) is 7.20. The Balaban J connectivity index is 1.41. The van der Waals surface area contributed by atoms with E-state index in [4.69, 9.17) is 4.74 Å². The third-order valence-corrected chi connectivity index (χ3v) is 5.37. The van der Waals surface area contributed by atoms with E-state index in [1.54, 1.807) is 0 Å².